The second kappa shape index (κ2) is 6.32. The molecule has 3 nitrogen and oxygen atoms in total. The van der Waals surface area contributed by atoms with Gasteiger partial charge in [0.15, 0.2) is 0 Å². The van der Waals surface area contributed by atoms with Crippen molar-refractivity contribution in [2.75, 3.05) is 18.1 Å². The summed E-state index contributed by atoms with van der Waals surface area (Å²) < 4.78 is 11.9. The van der Waals surface area contributed by atoms with Crippen LogP contribution >= 0.6 is 23.5 Å². The molecule has 5 heteroatoms. The highest BCUT2D eigenvalue weighted by atomic mass is 32.2. The molecular weight excluding hydrogens is 292 g/mol. The Kier molecular flexibility index (Phi) is 5.14. The highest BCUT2D eigenvalue weighted by Gasteiger charge is 2.40. The van der Waals surface area contributed by atoms with Gasteiger partial charge < -0.3 is 9.47 Å². The van der Waals surface area contributed by atoms with Crippen molar-refractivity contribution in [3.8, 4) is 0 Å². The summed E-state index contributed by atoms with van der Waals surface area (Å²) in [6.07, 6.45) is 5.33. The van der Waals surface area contributed by atoms with Crippen LogP contribution in [0, 0.1) is 5.41 Å². The van der Waals surface area contributed by atoms with E-state index in [4.69, 9.17) is 9.47 Å². The lowest BCUT2D eigenvalue weighted by Gasteiger charge is -2.35. The molecule has 2 heterocycles. The maximum atomic E-state index is 11.8. The summed E-state index contributed by atoms with van der Waals surface area (Å²) in [7, 11) is 0. The second-order valence-electron chi connectivity index (χ2n) is 6.47. The predicted molar refractivity (Wildman–Crippen MR) is 86.2 cm³/mol. The zero-order valence-electron chi connectivity index (χ0n) is 12.7. The molecule has 0 saturated carbocycles. The van der Waals surface area contributed by atoms with Crippen molar-refractivity contribution >= 4 is 29.5 Å². The fourth-order valence-electron chi connectivity index (χ4n) is 2.12. The first-order chi connectivity index (χ1) is 9.31. The van der Waals surface area contributed by atoms with Crippen LogP contribution in [0.2, 0.25) is 0 Å². The van der Waals surface area contributed by atoms with E-state index in [9.17, 15) is 4.79 Å². The Labute approximate surface area is 130 Å². The lowest BCUT2D eigenvalue weighted by molar-refractivity contribution is -0.157. The molecule has 0 N–H and O–H groups in total. The summed E-state index contributed by atoms with van der Waals surface area (Å²) in [5.41, 5.74) is -0.699. The maximum Gasteiger partial charge on any atom is 0.311 e. The van der Waals surface area contributed by atoms with Crippen molar-refractivity contribution in [1.29, 1.82) is 0 Å². The fourth-order valence-corrected chi connectivity index (χ4v) is 5.25. The summed E-state index contributed by atoms with van der Waals surface area (Å²) in [6, 6.07) is 0. The molecule has 0 amide bonds. The van der Waals surface area contributed by atoms with Gasteiger partial charge in [-0.25, -0.2) is 0 Å². The van der Waals surface area contributed by atoms with Gasteiger partial charge in [0.2, 0.25) is 0 Å². The summed E-state index contributed by atoms with van der Waals surface area (Å²) >= 11 is 3.94. The predicted octanol–water partition coefficient (Wildman–Crippen LogP) is 3.49. The summed E-state index contributed by atoms with van der Waals surface area (Å²) in [5, 5.41) is 0. The van der Waals surface area contributed by atoms with Gasteiger partial charge in [-0.05, 0) is 45.6 Å². The number of hydrogen-bond acceptors (Lipinski definition) is 5. The topological polar surface area (TPSA) is 35.5 Å². The SMILES string of the molecule is CC(C)(C)C(=O)OC[C@@H]1C=C[C@](C)(C2SCCCS2)O1. The second-order valence-corrected chi connectivity index (χ2v) is 9.20. The van der Waals surface area contributed by atoms with Crippen molar-refractivity contribution < 1.29 is 14.3 Å². The normalized spacial score (nSPS) is 31.5. The largest absolute Gasteiger partial charge is 0.462 e. The zero-order valence-corrected chi connectivity index (χ0v) is 14.3. The molecule has 0 radical (unpaired) electrons. The number of esters is 1. The maximum absolute atomic E-state index is 11.8. The molecule has 2 aliphatic heterocycles. The van der Waals surface area contributed by atoms with Gasteiger partial charge in [0.05, 0.1) is 10.00 Å². The Morgan fingerprint density at radius 2 is 2.05 bits per heavy atom. The van der Waals surface area contributed by atoms with Gasteiger partial charge in [-0.1, -0.05) is 12.2 Å². The minimum Gasteiger partial charge on any atom is -0.462 e. The van der Waals surface area contributed by atoms with E-state index < -0.39 is 5.41 Å². The molecule has 2 rings (SSSR count). The van der Waals surface area contributed by atoms with Gasteiger partial charge in [-0.15, -0.1) is 23.5 Å². The van der Waals surface area contributed by atoms with Gasteiger partial charge in [-0.3, -0.25) is 4.79 Å². The van der Waals surface area contributed by atoms with Crippen LogP contribution in [0.5, 0.6) is 0 Å². The van der Waals surface area contributed by atoms with Crippen molar-refractivity contribution in [2.24, 2.45) is 5.41 Å². The van der Waals surface area contributed by atoms with E-state index in [1.54, 1.807) is 0 Å². The van der Waals surface area contributed by atoms with Crippen molar-refractivity contribution in [1.82, 2.24) is 0 Å². The van der Waals surface area contributed by atoms with E-state index in [0.29, 0.717) is 11.2 Å². The number of thioether (sulfide) groups is 2. The van der Waals surface area contributed by atoms with Crippen LogP contribution in [0.3, 0.4) is 0 Å². The number of carbonyl (C=O) groups is 1. The van der Waals surface area contributed by atoms with E-state index >= 15 is 0 Å². The first-order valence-electron chi connectivity index (χ1n) is 7.09. The van der Waals surface area contributed by atoms with Crippen molar-refractivity contribution in [3.63, 3.8) is 0 Å². The molecule has 114 valence electrons. The molecule has 2 atom stereocenters. The smallest absolute Gasteiger partial charge is 0.311 e. The van der Waals surface area contributed by atoms with E-state index in [0.717, 1.165) is 0 Å². The fraction of sp³-hybridized carbons (Fsp3) is 0.800. The molecule has 1 fully saturated rings. The monoisotopic (exact) mass is 316 g/mol. The quantitative estimate of drug-likeness (QED) is 0.588. The van der Waals surface area contributed by atoms with Crippen LogP contribution in [0.15, 0.2) is 12.2 Å². The Morgan fingerprint density at radius 3 is 2.65 bits per heavy atom. The summed E-state index contributed by atoms with van der Waals surface area (Å²) in [4.78, 5) is 11.8. The van der Waals surface area contributed by atoms with Crippen molar-refractivity contribution in [2.45, 2.75) is 50.4 Å². The van der Waals surface area contributed by atoms with Crippen molar-refractivity contribution in [3.05, 3.63) is 12.2 Å². The molecule has 0 aliphatic carbocycles. The number of hydrogen-bond donors (Lipinski definition) is 0. The molecule has 0 aromatic heterocycles. The van der Waals surface area contributed by atoms with Crippen LogP contribution < -0.4 is 0 Å². The van der Waals surface area contributed by atoms with E-state index in [2.05, 4.69) is 13.0 Å². The number of ether oxygens (including phenoxy) is 2. The minimum atomic E-state index is -0.458. The lowest BCUT2D eigenvalue weighted by atomic mass is 9.97. The number of carbonyl (C=O) groups excluding carboxylic acids is 1. The lowest BCUT2D eigenvalue weighted by Crippen LogP contribution is -2.38. The van der Waals surface area contributed by atoms with Crippen LogP contribution in [0.1, 0.15) is 34.1 Å². The minimum absolute atomic E-state index is 0.116. The Balaban J connectivity index is 1.83. The molecule has 0 aromatic rings. The molecule has 2 aliphatic rings. The van der Waals surface area contributed by atoms with Gasteiger partial charge in [0.1, 0.15) is 18.3 Å². The molecule has 0 spiro atoms. The third-order valence-electron chi connectivity index (χ3n) is 3.33. The first-order valence-corrected chi connectivity index (χ1v) is 9.19. The zero-order chi connectivity index (χ0) is 14.8. The molecule has 0 bridgehead atoms. The molecule has 0 unspecified atom stereocenters. The van der Waals surface area contributed by atoms with Crippen LogP contribution in [-0.4, -0.2) is 40.4 Å². The highest BCUT2D eigenvalue weighted by Crippen LogP contribution is 2.43. The summed E-state index contributed by atoms with van der Waals surface area (Å²) in [6.45, 7) is 8.02. The number of rotatable bonds is 3. The average Bonchev–Trinajstić information content (AvgIpc) is 2.79. The molecule has 1 saturated heterocycles. The third-order valence-corrected chi connectivity index (χ3v) is 6.74. The van der Waals surface area contributed by atoms with Gasteiger partial charge in [0, 0.05) is 0 Å². The highest BCUT2D eigenvalue weighted by molar-refractivity contribution is 8.17. The Morgan fingerprint density at radius 1 is 1.40 bits per heavy atom. The van der Waals surface area contributed by atoms with Crippen LogP contribution in [0.25, 0.3) is 0 Å². The van der Waals surface area contributed by atoms with E-state index in [-0.39, 0.29) is 17.7 Å². The van der Waals surface area contributed by atoms with Crippen LogP contribution in [0.4, 0.5) is 0 Å². The standard InChI is InChI=1S/C15H24O3S2/c1-14(2,3)12(16)17-10-11-6-7-15(4,18-11)13-19-8-5-9-20-13/h6-7,11,13H,5,8-10H2,1-4H3/t11-,15+/m0/s1. The van der Waals surface area contributed by atoms with E-state index in [1.165, 1.54) is 17.9 Å². The Bertz CT molecular complexity index is 383. The molecule has 0 aromatic carbocycles. The Hall–Kier alpha value is -0.130. The molecular formula is C15H24O3S2. The first kappa shape index (κ1) is 16.2. The van der Waals surface area contributed by atoms with E-state index in [1.807, 2.05) is 50.4 Å². The van der Waals surface area contributed by atoms with Gasteiger partial charge in [0.25, 0.3) is 0 Å². The third kappa shape index (κ3) is 3.95. The molecule has 20 heavy (non-hydrogen) atoms. The average molecular weight is 316 g/mol. The summed E-state index contributed by atoms with van der Waals surface area (Å²) in [5.74, 6) is 2.23. The van der Waals surface area contributed by atoms with Crippen LogP contribution in [-0.2, 0) is 14.3 Å². The van der Waals surface area contributed by atoms with Gasteiger partial charge >= 0.3 is 5.97 Å². The van der Waals surface area contributed by atoms with Gasteiger partial charge in [-0.2, -0.15) is 0 Å².